The van der Waals surface area contributed by atoms with E-state index in [1.807, 2.05) is 0 Å². The van der Waals surface area contributed by atoms with Crippen LogP contribution in [0, 0.1) is 5.21 Å². The van der Waals surface area contributed by atoms with Crippen LogP contribution in [0.1, 0.15) is 22.3 Å². The first-order valence-electron chi connectivity index (χ1n) is 11.3. The molecule has 0 N–H and O–H groups in total. The third-order valence-corrected chi connectivity index (χ3v) is 8.26. The van der Waals surface area contributed by atoms with Crippen LogP contribution in [-0.4, -0.2) is 70.2 Å². The molecule has 1 saturated heterocycles. The summed E-state index contributed by atoms with van der Waals surface area (Å²) in [6.07, 6.45) is 5.70. The number of rotatable bonds is 4. The number of benzene rings is 1. The predicted octanol–water partition coefficient (Wildman–Crippen LogP) is 2.19. The fourth-order valence-electron chi connectivity index (χ4n) is 4.27. The van der Waals surface area contributed by atoms with Crippen molar-refractivity contribution < 1.29 is 22.7 Å². The number of aromatic nitrogens is 4. The normalized spacial score (nSPS) is 14.7. The van der Waals surface area contributed by atoms with Gasteiger partial charge in [-0.05, 0) is 29.8 Å². The van der Waals surface area contributed by atoms with Gasteiger partial charge in [-0.3, -0.25) is 14.2 Å². The number of amides is 1. The van der Waals surface area contributed by atoms with Gasteiger partial charge in [0.1, 0.15) is 0 Å². The van der Waals surface area contributed by atoms with Crippen molar-refractivity contribution in [2.24, 2.45) is 0 Å². The SMILES string of the molecule is CC(=O)n1c(S(=O)(=O)N2CCN(C(=O)c3ncc(-c4cc[n+]([O-])cc4)cn3)CC2)cc2cc(Cl)ccc21. The van der Waals surface area contributed by atoms with Crippen molar-refractivity contribution in [3.05, 3.63) is 77.2 Å². The highest BCUT2D eigenvalue weighted by Gasteiger charge is 2.34. The maximum Gasteiger partial charge on any atom is 0.291 e. The van der Waals surface area contributed by atoms with Gasteiger partial charge in [-0.2, -0.15) is 9.04 Å². The molecular weight excluding hydrogens is 520 g/mol. The van der Waals surface area contributed by atoms with Crippen molar-refractivity contribution in [1.29, 1.82) is 0 Å². The molecule has 5 rings (SSSR count). The second kappa shape index (κ2) is 9.54. The van der Waals surface area contributed by atoms with Crippen molar-refractivity contribution in [2.75, 3.05) is 26.2 Å². The van der Waals surface area contributed by atoms with Crippen LogP contribution in [0.3, 0.4) is 0 Å². The van der Waals surface area contributed by atoms with Gasteiger partial charge in [0.15, 0.2) is 17.4 Å². The monoisotopic (exact) mass is 540 g/mol. The van der Waals surface area contributed by atoms with Gasteiger partial charge in [-0.15, -0.1) is 0 Å². The highest BCUT2D eigenvalue weighted by Crippen LogP contribution is 2.28. The minimum absolute atomic E-state index is 0.0107. The Morgan fingerprint density at radius 3 is 2.24 bits per heavy atom. The molecule has 1 aliphatic heterocycles. The number of carbonyl (C=O) groups excluding carboxylic acids is 2. The van der Waals surface area contributed by atoms with Crippen molar-refractivity contribution >= 4 is 44.3 Å². The fraction of sp³-hybridized carbons (Fsp3) is 0.208. The summed E-state index contributed by atoms with van der Waals surface area (Å²) >= 11 is 6.05. The molecule has 0 atom stereocenters. The van der Waals surface area contributed by atoms with Crippen molar-refractivity contribution in [1.82, 2.24) is 23.7 Å². The number of hydrogen-bond donors (Lipinski definition) is 0. The summed E-state index contributed by atoms with van der Waals surface area (Å²) in [4.78, 5) is 35.1. The standard InChI is InChI=1S/C24H21ClN6O5S/c1-16(32)31-21-3-2-20(25)12-18(21)13-22(31)37(35,36)30-10-8-28(9-11-30)24(33)23-26-14-19(15-27-23)17-4-6-29(34)7-5-17/h2-7,12-15H,8-11H2,1H3. The van der Waals surface area contributed by atoms with Crippen LogP contribution >= 0.6 is 11.6 Å². The van der Waals surface area contributed by atoms with Gasteiger partial charge in [0.2, 0.25) is 11.7 Å². The molecule has 1 aliphatic rings. The minimum atomic E-state index is -4.03. The Morgan fingerprint density at radius 2 is 1.62 bits per heavy atom. The van der Waals surface area contributed by atoms with Gasteiger partial charge in [0.25, 0.3) is 15.9 Å². The van der Waals surface area contributed by atoms with Crippen LogP contribution in [0.2, 0.25) is 5.02 Å². The summed E-state index contributed by atoms with van der Waals surface area (Å²) in [5.41, 5.74) is 1.83. The summed E-state index contributed by atoms with van der Waals surface area (Å²) in [5.74, 6) is -0.863. The zero-order chi connectivity index (χ0) is 26.3. The van der Waals surface area contributed by atoms with E-state index in [0.29, 0.717) is 26.2 Å². The van der Waals surface area contributed by atoms with E-state index in [9.17, 15) is 23.2 Å². The zero-order valence-corrected chi connectivity index (χ0v) is 21.2. The van der Waals surface area contributed by atoms with E-state index in [0.717, 1.165) is 10.1 Å². The third-order valence-electron chi connectivity index (χ3n) is 6.15. The largest absolute Gasteiger partial charge is 0.619 e. The van der Waals surface area contributed by atoms with Crippen LogP contribution in [0.4, 0.5) is 0 Å². The number of carbonyl (C=O) groups is 2. The van der Waals surface area contributed by atoms with Gasteiger partial charge in [0, 0.05) is 73.6 Å². The number of halogens is 1. The Bertz CT molecular complexity index is 1610. The summed E-state index contributed by atoms with van der Waals surface area (Å²) in [6, 6.07) is 9.49. The van der Waals surface area contributed by atoms with E-state index in [1.54, 1.807) is 30.3 Å². The smallest absolute Gasteiger partial charge is 0.291 e. The Balaban J connectivity index is 1.31. The second-order valence-electron chi connectivity index (χ2n) is 8.48. The van der Waals surface area contributed by atoms with E-state index in [2.05, 4.69) is 9.97 Å². The average molecular weight is 541 g/mol. The number of hydrogen-bond acceptors (Lipinski definition) is 7. The zero-order valence-electron chi connectivity index (χ0n) is 19.6. The molecule has 1 amide bonds. The molecule has 1 aromatic carbocycles. The van der Waals surface area contributed by atoms with Crippen LogP contribution in [0.5, 0.6) is 0 Å². The fourth-order valence-corrected chi connectivity index (χ4v) is 6.10. The van der Waals surface area contributed by atoms with E-state index in [1.165, 1.54) is 47.0 Å². The first-order valence-corrected chi connectivity index (χ1v) is 13.1. The second-order valence-corrected chi connectivity index (χ2v) is 10.8. The van der Waals surface area contributed by atoms with E-state index >= 15 is 0 Å². The van der Waals surface area contributed by atoms with Crippen LogP contribution in [-0.2, 0) is 10.0 Å². The summed E-state index contributed by atoms with van der Waals surface area (Å²) < 4.78 is 30.0. The Hall–Kier alpha value is -3.87. The molecule has 0 unspecified atom stereocenters. The molecule has 4 heterocycles. The minimum Gasteiger partial charge on any atom is -0.619 e. The van der Waals surface area contributed by atoms with Crippen molar-refractivity contribution in [2.45, 2.75) is 11.9 Å². The van der Waals surface area contributed by atoms with E-state index in [-0.39, 0.29) is 37.0 Å². The highest BCUT2D eigenvalue weighted by molar-refractivity contribution is 7.89. The molecule has 37 heavy (non-hydrogen) atoms. The quantitative estimate of drug-likeness (QED) is 0.286. The Labute approximate surface area is 217 Å². The number of sulfonamides is 1. The lowest BCUT2D eigenvalue weighted by Crippen LogP contribution is -2.51. The van der Waals surface area contributed by atoms with Gasteiger partial charge in [-0.1, -0.05) is 11.6 Å². The first kappa shape index (κ1) is 24.8. The lowest BCUT2D eigenvalue weighted by Gasteiger charge is -2.33. The number of fused-ring (bicyclic) bond motifs is 1. The lowest BCUT2D eigenvalue weighted by atomic mass is 10.1. The molecule has 0 aliphatic carbocycles. The summed E-state index contributed by atoms with van der Waals surface area (Å²) in [6.45, 7) is 1.67. The molecular formula is C24H21ClN6O5S. The molecule has 0 bridgehead atoms. The number of nitrogens with zero attached hydrogens (tertiary/aromatic N) is 6. The molecule has 3 aromatic heterocycles. The van der Waals surface area contributed by atoms with Gasteiger partial charge in [0.05, 0.1) is 5.52 Å². The van der Waals surface area contributed by atoms with Crippen molar-refractivity contribution in [3.8, 4) is 11.1 Å². The first-order chi connectivity index (χ1) is 17.6. The Kier molecular flexibility index (Phi) is 6.40. The third kappa shape index (κ3) is 4.66. The maximum atomic E-state index is 13.5. The van der Waals surface area contributed by atoms with Gasteiger partial charge >= 0.3 is 0 Å². The molecule has 190 valence electrons. The molecule has 0 spiro atoms. The molecule has 11 nitrogen and oxygen atoms in total. The van der Waals surface area contributed by atoms with E-state index in [4.69, 9.17) is 11.6 Å². The molecule has 1 fully saturated rings. The summed E-state index contributed by atoms with van der Waals surface area (Å²) in [7, 11) is -4.03. The topological polar surface area (TPSA) is 132 Å². The lowest BCUT2D eigenvalue weighted by molar-refractivity contribution is -0.605. The molecule has 13 heteroatoms. The molecule has 4 aromatic rings. The van der Waals surface area contributed by atoms with Gasteiger partial charge in [-0.25, -0.2) is 18.4 Å². The summed E-state index contributed by atoms with van der Waals surface area (Å²) in [5, 5.41) is 12.0. The Morgan fingerprint density at radius 1 is 0.973 bits per heavy atom. The molecule has 0 radical (unpaired) electrons. The van der Waals surface area contributed by atoms with Gasteiger partial charge < -0.3 is 10.1 Å². The number of pyridine rings is 1. The maximum absolute atomic E-state index is 13.5. The predicted molar refractivity (Wildman–Crippen MR) is 134 cm³/mol. The van der Waals surface area contributed by atoms with Crippen LogP contribution in [0.25, 0.3) is 22.0 Å². The van der Waals surface area contributed by atoms with E-state index < -0.39 is 21.8 Å². The molecule has 0 saturated carbocycles. The average Bonchev–Trinajstić information content (AvgIpc) is 3.29. The van der Waals surface area contributed by atoms with Crippen LogP contribution < -0.4 is 4.73 Å². The van der Waals surface area contributed by atoms with Crippen molar-refractivity contribution in [3.63, 3.8) is 0 Å². The number of piperazine rings is 1. The highest BCUT2D eigenvalue weighted by atomic mass is 35.5. The van der Waals surface area contributed by atoms with Crippen LogP contribution in [0.15, 0.2) is 66.2 Å².